The van der Waals surface area contributed by atoms with E-state index in [1.807, 2.05) is 0 Å². The minimum Gasteiger partial charge on any atom is -0.392 e. The van der Waals surface area contributed by atoms with Gasteiger partial charge in [0.05, 0.1) is 12.2 Å². The van der Waals surface area contributed by atoms with Crippen molar-refractivity contribution in [3.63, 3.8) is 0 Å². The van der Waals surface area contributed by atoms with Crippen LogP contribution in [0.25, 0.3) is 0 Å². The van der Waals surface area contributed by atoms with Gasteiger partial charge in [-0.25, -0.2) is 4.98 Å². The Morgan fingerprint density at radius 2 is 2.05 bits per heavy atom. The van der Waals surface area contributed by atoms with Crippen molar-refractivity contribution in [1.29, 1.82) is 5.26 Å². The Morgan fingerprint density at radius 1 is 1.32 bits per heavy atom. The largest absolute Gasteiger partial charge is 0.417 e. The minimum atomic E-state index is -4.72. The van der Waals surface area contributed by atoms with E-state index in [1.165, 1.54) is 6.07 Å². The fourth-order valence-electron chi connectivity index (χ4n) is 1.80. The number of aromatic nitrogens is 1. The van der Waals surface area contributed by atoms with Gasteiger partial charge in [-0.2, -0.15) is 18.4 Å². The standard InChI is InChI=1S/C14H9ClF3N3O/c15-13-10(6-19)11(14(16,17)18)5-12(21-13)20-9-3-1-2-8(4-9)7-22/h1-5,22H,7H2,(H,20,21). The Balaban J connectivity index is 2.44. The van der Waals surface area contributed by atoms with E-state index in [4.69, 9.17) is 22.0 Å². The van der Waals surface area contributed by atoms with E-state index in [9.17, 15) is 13.2 Å². The number of anilines is 2. The highest BCUT2D eigenvalue weighted by molar-refractivity contribution is 6.30. The van der Waals surface area contributed by atoms with Crippen LogP contribution in [0.5, 0.6) is 0 Å². The molecule has 114 valence electrons. The number of hydrogen-bond donors (Lipinski definition) is 2. The van der Waals surface area contributed by atoms with Gasteiger partial charge in [0.25, 0.3) is 0 Å². The lowest BCUT2D eigenvalue weighted by Gasteiger charge is -2.13. The normalized spacial score (nSPS) is 11.1. The fourth-order valence-corrected chi connectivity index (χ4v) is 2.04. The van der Waals surface area contributed by atoms with Crippen LogP contribution in [0.1, 0.15) is 16.7 Å². The highest BCUT2D eigenvalue weighted by atomic mass is 35.5. The molecule has 0 atom stereocenters. The molecular formula is C14H9ClF3N3O. The first-order valence-corrected chi connectivity index (χ1v) is 6.37. The van der Waals surface area contributed by atoms with E-state index in [0.717, 1.165) is 6.07 Å². The third kappa shape index (κ3) is 3.47. The maximum absolute atomic E-state index is 13.0. The van der Waals surface area contributed by atoms with E-state index in [-0.39, 0.29) is 12.4 Å². The number of hydrogen-bond acceptors (Lipinski definition) is 4. The van der Waals surface area contributed by atoms with Crippen LogP contribution in [-0.2, 0) is 12.8 Å². The second kappa shape index (κ2) is 6.22. The quantitative estimate of drug-likeness (QED) is 0.840. The van der Waals surface area contributed by atoms with Gasteiger partial charge in [0.2, 0.25) is 0 Å². The Hall–Kier alpha value is -2.30. The molecular weight excluding hydrogens is 319 g/mol. The summed E-state index contributed by atoms with van der Waals surface area (Å²) in [6.07, 6.45) is -4.72. The maximum Gasteiger partial charge on any atom is 0.417 e. The number of benzene rings is 1. The van der Waals surface area contributed by atoms with Gasteiger partial charge in [0.15, 0.2) is 0 Å². The lowest BCUT2D eigenvalue weighted by atomic mass is 10.1. The van der Waals surface area contributed by atoms with E-state index in [1.54, 1.807) is 24.3 Å². The molecule has 0 radical (unpaired) electrons. The number of nitriles is 1. The zero-order valence-electron chi connectivity index (χ0n) is 10.9. The minimum absolute atomic E-state index is 0.147. The number of alkyl halides is 3. The SMILES string of the molecule is N#Cc1c(C(F)(F)F)cc(Nc2cccc(CO)c2)nc1Cl. The molecule has 0 bridgehead atoms. The molecule has 8 heteroatoms. The molecule has 0 saturated heterocycles. The van der Waals surface area contributed by atoms with E-state index < -0.39 is 22.5 Å². The molecule has 22 heavy (non-hydrogen) atoms. The van der Waals surface area contributed by atoms with Crippen LogP contribution in [0.3, 0.4) is 0 Å². The highest BCUT2D eigenvalue weighted by Gasteiger charge is 2.35. The summed E-state index contributed by atoms with van der Waals surface area (Å²) < 4.78 is 38.9. The van der Waals surface area contributed by atoms with Gasteiger partial charge in [-0.05, 0) is 23.8 Å². The Bertz CT molecular complexity index is 741. The zero-order valence-corrected chi connectivity index (χ0v) is 11.7. The van der Waals surface area contributed by atoms with Crippen LogP contribution in [-0.4, -0.2) is 10.1 Å². The molecule has 0 amide bonds. The molecule has 2 N–H and O–H groups in total. The molecule has 0 unspecified atom stereocenters. The van der Waals surface area contributed by atoms with Gasteiger partial charge in [0.1, 0.15) is 22.6 Å². The summed E-state index contributed by atoms with van der Waals surface area (Å²) in [7, 11) is 0. The van der Waals surface area contributed by atoms with Crippen LogP contribution >= 0.6 is 11.6 Å². The average Bonchev–Trinajstić information content (AvgIpc) is 2.46. The first-order valence-electron chi connectivity index (χ1n) is 6.00. The lowest BCUT2D eigenvalue weighted by molar-refractivity contribution is -0.137. The van der Waals surface area contributed by atoms with Crippen molar-refractivity contribution < 1.29 is 18.3 Å². The third-order valence-electron chi connectivity index (χ3n) is 2.77. The topological polar surface area (TPSA) is 68.9 Å². The predicted octanol–water partition coefficient (Wildman–Crippen LogP) is 3.86. The molecule has 0 saturated carbocycles. The number of nitrogens with one attached hydrogen (secondary N) is 1. The molecule has 0 aliphatic rings. The molecule has 0 spiro atoms. The summed E-state index contributed by atoms with van der Waals surface area (Å²) in [5.74, 6) is -0.147. The Kier molecular flexibility index (Phi) is 4.54. The van der Waals surface area contributed by atoms with Gasteiger partial charge < -0.3 is 10.4 Å². The van der Waals surface area contributed by atoms with Crippen molar-refractivity contribution in [3.05, 3.63) is 52.2 Å². The van der Waals surface area contributed by atoms with Crippen molar-refractivity contribution in [2.24, 2.45) is 0 Å². The summed E-state index contributed by atoms with van der Waals surface area (Å²) in [6.45, 7) is -0.203. The van der Waals surface area contributed by atoms with E-state index >= 15 is 0 Å². The van der Waals surface area contributed by atoms with E-state index in [2.05, 4.69) is 10.3 Å². The summed E-state index contributed by atoms with van der Waals surface area (Å²) >= 11 is 5.65. The Morgan fingerprint density at radius 3 is 2.64 bits per heavy atom. The number of pyridine rings is 1. The molecule has 0 fully saturated rings. The van der Waals surface area contributed by atoms with Gasteiger partial charge in [-0.3, -0.25) is 0 Å². The van der Waals surface area contributed by atoms with Crippen molar-refractivity contribution in [3.8, 4) is 6.07 Å². The van der Waals surface area contributed by atoms with E-state index in [0.29, 0.717) is 11.3 Å². The highest BCUT2D eigenvalue weighted by Crippen LogP contribution is 2.36. The first kappa shape index (κ1) is 16.1. The van der Waals surface area contributed by atoms with Crippen molar-refractivity contribution in [1.82, 2.24) is 4.98 Å². The molecule has 1 heterocycles. The monoisotopic (exact) mass is 327 g/mol. The smallest absolute Gasteiger partial charge is 0.392 e. The molecule has 1 aromatic carbocycles. The molecule has 2 rings (SSSR count). The fraction of sp³-hybridized carbons (Fsp3) is 0.143. The van der Waals surface area contributed by atoms with Crippen molar-refractivity contribution in [2.75, 3.05) is 5.32 Å². The number of rotatable bonds is 3. The number of nitrogens with zero attached hydrogens (tertiary/aromatic N) is 2. The molecule has 2 aromatic rings. The Labute approximate surface area is 128 Å². The van der Waals surface area contributed by atoms with Crippen molar-refractivity contribution in [2.45, 2.75) is 12.8 Å². The average molecular weight is 328 g/mol. The molecule has 1 aromatic heterocycles. The summed E-state index contributed by atoms with van der Waals surface area (Å²) in [6, 6.07) is 8.56. The van der Waals surface area contributed by atoms with Gasteiger partial charge in [0, 0.05) is 5.69 Å². The molecule has 4 nitrogen and oxygen atoms in total. The molecule has 0 aliphatic heterocycles. The van der Waals surface area contributed by atoms with Crippen LogP contribution in [0.4, 0.5) is 24.7 Å². The first-order chi connectivity index (χ1) is 10.3. The maximum atomic E-state index is 13.0. The van der Waals surface area contributed by atoms with Gasteiger partial charge in [-0.1, -0.05) is 23.7 Å². The van der Waals surface area contributed by atoms with Crippen LogP contribution in [0, 0.1) is 11.3 Å². The second-order valence-electron chi connectivity index (χ2n) is 4.31. The van der Waals surface area contributed by atoms with Gasteiger partial charge in [-0.15, -0.1) is 0 Å². The number of halogens is 4. The van der Waals surface area contributed by atoms with Crippen LogP contribution in [0.15, 0.2) is 30.3 Å². The lowest BCUT2D eigenvalue weighted by Crippen LogP contribution is -2.10. The predicted molar refractivity (Wildman–Crippen MR) is 74.6 cm³/mol. The second-order valence-corrected chi connectivity index (χ2v) is 4.67. The van der Waals surface area contributed by atoms with Crippen LogP contribution in [0.2, 0.25) is 5.15 Å². The summed E-state index contributed by atoms with van der Waals surface area (Å²) in [5, 5.41) is 20.0. The van der Waals surface area contributed by atoms with Gasteiger partial charge >= 0.3 is 6.18 Å². The summed E-state index contributed by atoms with van der Waals surface area (Å²) in [5.41, 5.74) is -0.853. The number of aliphatic hydroxyl groups excluding tert-OH is 1. The molecule has 0 aliphatic carbocycles. The summed E-state index contributed by atoms with van der Waals surface area (Å²) in [4.78, 5) is 3.74. The third-order valence-corrected chi connectivity index (χ3v) is 3.05. The zero-order chi connectivity index (χ0) is 16.3. The number of aliphatic hydroxyl groups is 1. The van der Waals surface area contributed by atoms with Crippen LogP contribution < -0.4 is 5.32 Å². The van der Waals surface area contributed by atoms with Crippen molar-refractivity contribution >= 4 is 23.1 Å².